The van der Waals surface area contributed by atoms with Crippen molar-refractivity contribution in [3.63, 3.8) is 0 Å². The summed E-state index contributed by atoms with van der Waals surface area (Å²) in [6.07, 6.45) is 3.34. The molecule has 2 aliphatic rings. The van der Waals surface area contributed by atoms with E-state index >= 15 is 0 Å². The van der Waals surface area contributed by atoms with Crippen LogP contribution in [0.3, 0.4) is 0 Å². The summed E-state index contributed by atoms with van der Waals surface area (Å²) in [7, 11) is 0. The van der Waals surface area contributed by atoms with Crippen LogP contribution in [0.15, 0.2) is 29.1 Å². The van der Waals surface area contributed by atoms with E-state index < -0.39 is 11.6 Å². The first kappa shape index (κ1) is 15.1. The zero-order valence-corrected chi connectivity index (χ0v) is 13.0. The highest BCUT2D eigenvalue weighted by Crippen LogP contribution is 2.32. The van der Waals surface area contributed by atoms with E-state index in [1.54, 1.807) is 10.6 Å². The molecule has 0 bridgehead atoms. The Morgan fingerprint density at radius 3 is 2.96 bits per heavy atom. The second-order valence-electron chi connectivity index (χ2n) is 6.21. The Hall–Kier alpha value is -2.44. The predicted molar refractivity (Wildman–Crippen MR) is 84.2 cm³/mol. The molecular weight excluding hydrogens is 316 g/mol. The van der Waals surface area contributed by atoms with Crippen LogP contribution in [-0.4, -0.2) is 22.1 Å². The van der Waals surface area contributed by atoms with E-state index in [0.29, 0.717) is 12.6 Å². The van der Waals surface area contributed by atoms with Gasteiger partial charge in [-0.1, -0.05) is 0 Å². The summed E-state index contributed by atoms with van der Waals surface area (Å²) < 4.78 is 33.7. The van der Waals surface area contributed by atoms with Gasteiger partial charge >= 0.3 is 5.69 Å². The first-order valence-electron chi connectivity index (χ1n) is 8.07. The molecule has 1 saturated heterocycles. The number of aromatic nitrogens is 2. The Labute approximate surface area is 137 Å². The first-order valence-corrected chi connectivity index (χ1v) is 8.07. The fourth-order valence-corrected chi connectivity index (χ4v) is 3.45. The SMILES string of the molecule is O=c1nc(OCc2ccc(F)cc2F)cc2n1C[C@@H]1CCCCN21. The van der Waals surface area contributed by atoms with Gasteiger partial charge in [-0.3, -0.25) is 4.57 Å². The van der Waals surface area contributed by atoms with Crippen molar-refractivity contribution in [1.29, 1.82) is 0 Å². The van der Waals surface area contributed by atoms with Crippen molar-refractivity contribution in [2.75, 3.05) is 11.4 Å². The van der Waals surface area contributed by atoms with E-state index in [4.69, 9.17) is 4.74 Å². The van der Waals surface area contributed by atoms with Crippen molar-refractivity contribution < 1.29 is 13.5 Å². The number of piperidine rings is 1. The van der Waals surface area contributed by atoms with Gasteiger partial charge < -0.3 is 9.64 Å². The molecular formula is C17H17F2N3O2. The van der Waals surface area contributed by atoms with Crippen molar-refractivity contribution >= 4 is 5.82 Å². The molecule has 0 aliphatic carbocycles. The molecule has 2 aromatic rings. The Balaban J connectivity index is 1.57. The summed E-state index contributed by atoms with van der Waals surface area (Å²) in [6.45, 7) is 1.47. The number of benzene rings is 1. The average molecular weight is 333 g/mol. The predicted octanol–water partition coefficient (Wildman–Crippen LogP) is 2.47. The van der Waals surface area contributed by atoms with E-state index in [1.165, 1.54) is 18.6 Å². The maximum atomic E-state index is 13.7. The summed E-state index contributed by atoms with van der Waals surface area (Å²) in [4.78, 5) is 18.4. The monoisotopic (exact) mass is 333 g/mol. The second-order valence-corrected chi connectivity index (χ2v) is 6.21. The van der Waals surface area contributed by atoms with Crippen molar-refractivity contribution in [2.24, 2.45) is 0 Å². The van der Waals surface area contributed by atoms with Crippen LogP contribution in [0.2, 0.25) is 0 Å². The van der Waals surface area contributed by atoms with Gasteiger partial charge in [0.25, 0.3) is 0 Å². The molecule has 0 radical (unpaired) electrons. The maximum Gasteiger partial charge on any atom is 0.352 e. The Bertz CT molecular complexity index is 837. The molecule has 2 aliphatic heterocycles. The van der Waals surface area contributed by atoms with Crippen LogP contribution in [0.1, 0.15) is 24.8 Å². The lowest BCUT2D eigenvalue weighted by atomic mass is 10.0. The van der Waals surface area contributed by atoms with Gasteiger partial charge in [0.2, 0.25) is 5.88 Å². The first-order chi connectivity index (χ1) is 11.6. The lowest BCUT2D eigenvalue weighted by molar-refractivity contribution is 0.285. The van der Waals surface area contributed by atoms with Gasteiger partial charge in [0.1, 0.15) is 24.1 Å². The lowest BCUT2D eigenvalue weighted by Crippen LogP contribution is -2.36. The number of fused-ring (bicyclic) bond motifs is 3. The third kappa shape index (κ3) is 2.64. The van der Waals surface area contributed by atoms with Gasteiger partial charge in [0.15, 0.2) is 0 Å². The topological polar surface area (TPSA) is 47.4 Å². The second kappa shape index (κ2) is 5.89. The van der Waals surface area contributed by atoms with Crippen molar-refractivity contribution in [2.45, 2.75) is 38.5 Å². The molecule has 7 heteroatoms. The van der Waals surface area contributed by atoms with Gasteiger partial charge in [0.05, 0.1) is 0 Å². The molecule has 24 heavy (non-hydrogen) atoms. The van der Waals surface area contributed by atoms with Gasteiger partial charge in [-0.25, -0.2) is 13.6 Å². The van der Waals surface area contributed by atoms with E-state index in [0.717, 1.165) is 31.3 Å². The quantitative estimate of drug-likeness (QED) is 0.866. The molecule has 0 amide bonds. The van der Waals surface area contributed by atoms with Crippen LogP contribution in [0.25, 0.3) is 0 Å². The number of rotatable bonds is 3. The molecule has 1 fully saturated rings. The van der Waals surface area contributed by atoms with Crippen LogP contribution in [0.5, 0.6) is 5.88 Å². The third-order valence-electron chi connectivity index (χ3n) is 4.67. The maximum absolute atomic E-state index is 13.7. The summed E-state index contributed by atoms with van der Waals surface area (Å²) in [5, 5.41) is 0. The van der Waals surface area contributed by atoms with Crippen LogP contribution >= 0.6 is 0 Å². The molecule has 5 nitrogen and oxygen atoms in total. The van der Waals surface area contributed by atoms with E-state index in [9.17, 15) is 13.6 Å². The molecule has 0 saturated carbocycles. The summed E-state index contributed by atoms with van der Waals surface area (Å²) >= 11 is 0. The molecule has 4 rings (SSSR count). The van der Waals surface area contributed by atoms with Gasteiger partial charge in [-0.2, -0.15) is 4.98 Å². The van der Waals surface area contributed by atoms with Gasteiger partial charge in [0, 0.05) is 36.8 Å². The van der Waals surface area contributed by atoms with Crippen LogP contribution in [0.4, 0.5) is 14.6 Å². The Kier molecular flexibility index (Phi) is 3.70. The van der Waals surface area contributed by atoms with Crippen LogP contribution < -0.4 is 15.3 Å². The van der Waals surface area contributed by atoms with Gasteiger partial charge in [-0.15, -0.1) is 0 Å². The fraction of sp³-hybridized carbons (Fsp3) is 0.412. The van der Waals surface area contributed by atoms with Crippen LogP contribution in [0, 0.1) is 11.6 Å². The highest BCUT2D eigenvalue weighted by Gasteiger charge is 2.32. The molecule has 1 atom stereocenters. The van der Waals surface area contributed by atoms with E-state index in [-0.39, 0.29) is 23.7 Å². The number of halogens is 2. The van der Waals surface area contributed by atoms with E-state index in [2.05, 4.69) is 9.88 Å². The summed E-state index contributed by atoms with van der Waals surface area (Å²) in [5.74, 6) is -0.333. The molecule has 1 aromatic heterocycles. The third-order valence-corrected chi connectivity index (χ3v) is 4.67. The number of hydrogen-bond acceptors (Lipinski definition) is 4. The highest BCUT2D eigenvalue weighted by molar-refractivity contribution is 5.47. The Morgan fingerprint density at radius 2 is 2.12 bits per heavy atom. The minimum atomic E-state index is -0.677. The fourth-order valence-electron chi connectivity index (χ4n) is 3.45. The lowest BCUT2D eigenvalue weighted by Gasteiger charge is -2.30. The summed E-state index contributed by atoms with van der Waals surface area (Å²) in [6, 6.07) is 5.38. The molecule has 0 N–H and O–H groups in total. The zero-order valence-electron chi connectivity index (χ0n) is 13.0. The molecule has 126 valence electrons. The Morgan fingerprint density at radius 1 is 1.25 bits per heavy atom. The van der Waals surface area contributed by atoms with Crippen molar-refractivity contribution in [1.82, 2.24) is 9.55 Å². The molecule has 0 unspecified atom stereocenters. The van der Waals surface area contributed by atoms with Gasteiger partial charge in [-0.05, 0) is 31.4 Å². The molecule has 1 aromatic carbocycles. The highest BCUT2D eigenvalue weighted by atomic mass is 19.1. The number of hydrogen-bond donors (Lipinski definition) is 0. The average Bonchev–Trinajstić information content (AvgIpc) is 2.94. The van der Waals surface area contributed by atoms with Crippen LogP contribution in [-0.2, 0) is 13.2 Å². The summed E-state index contributed by atoms with van der Waals surface area (Å²) in [5.41, 5.74) is -0.133. The minimum absolute atomic E-state index is 0.106. The normalized spacial score (nSPS) is 19.1. The van der Waals surface area contributed by atoms with Crippen molar-refractivity contribution in [3.8, 4) is 5.88 Å². The zero-order chi connectivity index (χ0) is 16.7. The molecule has 3 heterocycles. The minimum Gasteiger partial charge on any atom is -0.472 e. The van der Waals surface area contributed by atoms with E-state index in [1.807, 2.05) is 0 Å². The number of nitrogens with zero attached hydrogens (tertiary/aromatic N) is 3. The molecule has 0 spiro atoms. The largest absolute Gasteiger partial charge is 0.472 e. The van der Waals surface area contributed by atoms with Crippen molar-refractivity contribution in [3.05, 3.63) is 51.9 Å². The smallest absolute Gasteiger partial charge is 0.352 e. The standard InChI is InChI=1S/C17H17F2N3O2/c18-12-5-4-11(14(19)7-12)10-24-15-8-16-21-6-2-1-3-13(21)9-22(16)17(23)20-15/h4-5,7-8,13H,1-3,6,9-10H2/t13-/m0/s1. The number of anilines is 1. The number of ether oxygens (including phenoxy) is 1.